The molecule has 23 heavy (non-hydrogen) atoms. The van der Waals surface area contributed by atoms with Crippen molar-refractivity contribution in [3.05, 3.63) is 35.2 Å². The van der Waals surface area contributed by atoms with Gasteiger partial charge < -0.3 is 14.0 Å². The van der Waals surface area contributed by atoms with E-state index in [-0.39, 0.29) is 5.91 Å². The molecule has 0 unspecified atom stereocenters. The van der Waals surface area contributed by atoms with Gasteiger partial charge in [-0.3, -0.25) is 4.79 Å². The quantitative estimate of drug-likeness (QED) is 0.870. The Morgan fingerprint density at radius 3 is 2.96 bits per heavy atom. The third-order valence-corrected chi connectivity index (χ3v) is 4.62. The molecule has 3 heterocycles. The van der Waals surface area contributed by atoms with Crippen molar-refractivity contribution in [2.75, 3.05) is 13.1 Å². The fourth-order valence-electron chi connectivity index (χ4n) is 3.41. The van der Waals surface area contributed by atoms with Crippen molar-refractivity contribution in [2.45, 2.75) is 52.5 Å². The summed E-state index contributed by atoms with van der Waals surface area (Å²) in [6, 6.07) is 0.301. The standard InChI is InChI=1S/C17H24N4O2/c1-4-14-16(12(3)23-19-14)17(22)20-9-6-7-13(11-20)21-10-8-18-15(21)5-2/h8,10,13H,4-7,9,11H2,1-3H3/t13-/m1/s1. The van der Waals surface area contributed by atoms with E-state index in [0.29, 0.717) is 23.8 Å². The van der Waals surface area contributed by atoms with Crippen LogP contribution < -0.4 is 0 Å². The van der Waals surface area contributed by atoms with Gasteiger partial charge >= 0.3 is 0 Å². The van der Waals surface area contributed by atoms with E-state index >= 15 is 0 Å². The number of nitrogens with zero attached hydrogens (tertiary/aromatic N) is 4. The second kappa shape index (κ2) is 6.56. The molecule has 1 fully saturated rings. The average molecular weight is 316 g/mol. The molecule has 0 radical (unpaired) electrons. The zero-order chi connectivity index (χ0) is 16.4. The summed E-state index contributed by atoms with van der Waals surface area (Å²) >= 11 is 0. The lowest BCUT2D eigenvalue weighted by Crippen LogP contribution is -2.41. The number of imidazole rings is 1. The third kappa shape index (κ3) is 2.90. The van der Waals surface area contributed by atoms with Crippen molar-refractivity contribution in [2.24, 2.45) is 0 Å². The number of aryl methyl sites for hydroxylation is 3. The lowest BCUT2D eigenvalue weighted by Gasteiger charge is -2.34. The third-order valence-electron chi connectivity index (χ3n) is 4.62. The maximum Gasteiger partial charge on any atom is 0.259 e. The molecule has 0 N–H and O–H groups in total. The second-order valence-electron chi connectivity index (χ2n) is 6.07. The van der Waals surface area contributed by atoms with Crippen LogP contribution in [0.2, 0.25) is 0 Å². The number of amides is 1. The van der Waals surface area contributed by atoms with E-state index in [2.05, 4.69) is 21.6 Å². The van der Waals surface area contributed by atoms with Crippen molar-refractivity contribution in [3.63, 3.8) is 0 Å². The summed E-state index contributed by atoms with van der Waals surface area (Å²) in [6.45, 7) is 7.42. The molecule has 1 saturated heterocycles. The zero-order valence-corrected chi connectivity index (χ0v) is 14.1. The van der Waals surface area contributed by atoms with Crippen LogP contribution in [0.15, 0.2) is 16.9 Å². The highest BCUT2D eigenvalue weighted by Crippen LogP contribution is 2.26. The van der Waals surface area contributed by atoms with Gasteiger partial charge in [0.05, 0.1) is 11.7 Å². The molecular weight excluding hydrogens is 292 g/mol. The van der Waals surface area contributed by atoms with Crippen LogP contribution in [-0.2, 0) is 12.8 Å². The van der Waals surface area contributed by atoms with Crippen LogP contribution in [0.5, 0.6) is 0 Å². The summed E-state index contributed by atoms with van der Waals surface area (Å²) in [5, 5.41) is 4.01. The first-order valence-corrected chi connectivity index (χ1v) is 8.41. The molecule has 6 nitrogen and oxygen atoms in total. The van der Waals surface area contributed by atoms with Gasteiger partial charge in [0.2, 0.25) is 0 Å². The molecule has 1 amide bonds. The van der Waals surface area contributed by atoms with Gasteiger partial charge in [0.15, 0.2) is 0 Å². The van der Waals surface area contributed by atoms with Crippen molar-refractivity contribution in [1.82, 2.24) is 19.6 Å². The summed E-state index contributed by atoms with van der Waals surface area (Å²) < 4.78 is 7.44. The summed E-state index contributed by atoms with van der Waals surface area (Å²) in [7, 11) is 0. The van der Waals surface area contributed by atoms with Crippen LogP contribution in [0.4, 0.5) is 0 Å². The van der Waals surface area contributed by atoms with Crippen LogP contribution in [0.25, 0.3) is 0 Å². The fraction of sp³-hybridized carbons (Fsp3) is 0.588. The van der Waals surface area contributed by atoms with Gasteiger partial charge in [0.25, 0.3) is 5.91 Å². The highest BCUT2D eigenvalue weighted by Gasteiger charge is 2.29. The second-order valence-corrected chi connectivity index (χ2v) is 6.07. The molecule has 124 valence electrons. The van der Waals surface area contributed by atoms with Crippen LogP contribution in [-0.4, -0.2) is 38.6 Å². The molecule has 3 rings (SSSR count). The van der Waals surface area contributed by atoms with E-state index in [4.69, 9.17) is 4.52 Å². The minimum atomic E-state index is 0.0449. The van der Waals surface area contributed by atoms with E-state index in [1.54, 1.807) is 0 Å². The maximum atomic E-state index is 12.9. The normalized spacial score (nSPS) is 18.4. The first kappa shape index (κ1) is 15.8. The minimum Gasteiger partial charge on any atom is -0.361 e. The summed E-state index contributed by atoms with van der Waals surface area (Å²) in [6.07, 6.45) is 7.57. The summed E-state index contributed by atoms with van der Waals surface area (Å²) in [5.41, 5.74) is 1.40. The molecule has 0 aromatic carbocycles. The largest absolute Gasteiger partial charge is 0.361 e. The van der Waals surface area contributed by atoms with E-state index in [1.165, 1.54) is 0 Å². The smallest absolute Gasteiger partial charge is 0.259 e. The number of hydrogen-bond acceptors (Lipinski definition) is 4. The molecule has 2 aromatic rings. The van der Waals surface area contributed by atoms with E-state index in [0.717, 1.165) is 43.9 Å². The van der Waals surface area contributed by atoms with Crippen LogP contribution in [0, 0.1) is 6.92 Å². The Morgan fingerprint density at radius 1 is 1.39 bits per heavy atom. The Hall–Kier alpha value is -2.11. The van der Waals surface area contributed by atoms with E-state index in [1.807, 2.05) is 31.1 Å². The molecule has 2 aromatic heterocycles. The van der Waals surface area contributed by atoms with Crippen LogP contribution >= 0.6 is 0 Å². The maximum absolute atomic E-state index is 12.9. The predicted molar refractivity (Wildman–Crippen MR) is 86.4 cm³/mol. The molecular formula is C17H24N4O2. The van der Waals surface area contributed by atoms with E-state index < -0.39 is 0 Å². The van der Waals surface area contributed by atoms with Gasteiger partial charge in [0, 0.05) is 31.9 Å². The lowest BCUT2D eigenvalue weighted by molar-refractivity contribution is 0.0675. The SMILES string of the molecule is CCc1noc(C)c1C(=O)N1CCC[C@@H](n2ccnc2CC)C1. The Labute approximate surface area is 136 Å². The van der Waals surface area contributed by atoms with Gasteiger partial charge in [0.1, 0.15) is 17.1 Å². The first-order chi connectivity index (χ1) is 11.2. The van der Waals surface area contributed by atoms with Crippen molar-refractivity contribution < 1.29 is 9.32 Å². The summed E-state index contributed by atoms with van der Waals surface area (Å²) in [5.74, 6) is 1.74. The first-order valence-electron chi connectivity index (χ1n) is 8.41. The Morgan fingerprint density at radius 2 is 2.22 bits per heavy atom. The Kier molecular flexibility index (Phi) is 4.50. The topological polar surface area (TPSA) is 64.2 Å². The minimum absolute atomic E-state index is 0.0449. The highest BCUT2D eigenvalue weighted by molar-refractivity contribution is 5.96. The predicted octanol–water partition coefficient (Wildman–Crippen LogP) is 2.78. The number of carbonyl (C=O) groups excluding carboxylic acids is 1. The monoisotopic (exact) mass is 316 g/mol. The molecule has 1 aliphatic heterocycles. The highest BCUT2D eigenvalue weighted by atomic mass is 16.5. The lowest BCUT2D eigenvalue weighted by atomic mass is 10.0. The molecule has 1 aliphatic rings. The van der Waals surface area contributed by atoms with Gasteiger partial charge in [-0.25, -0.2) is 4.98 Å². The number of rotatable bonds is 4. The van der Waals surface area contributed by atoms with E-state index in [9.17, 15) is 4.79 Å². The molecule has 0 spiro atoms. The van der Waals surface area contributed by atoms with Gasteiger partial charge in [-0.2, -0.15) is 0 Å². The Bertz CT molecular complexity index is 689. The number of carbonyl (C=O) groups is 1. The molecule has 0 bridgehead atoms. The van der Waals surface area contributed by atoms with Crippen molar-refractivity contribution in [3.8, 4) is 0 Å². The summed E-state index contributed by atoms with van der Waals surface area (Å²) in [4.78, 5) is 19.3. The van der Waals surface area contributed by atoms with Gasteiger partial charge in [-0.15, -0.1) is 0 Å². The fourth-order valence-corrected chi connectivity index (χ4v) is 3.41. The number of hydrogen-bond donors (Lipinski definition) is 0. The van der Waals surface area contributed by atoms with Crippen molar-refractivity contribution >= 4 is 5.91 Å². The number of piperidine rings is 1. The van der Waals surface area contributed by atoms with Crippen molar-refractivity contribution in [1.29, 1.82) is 0 Å². The zero-order valence-electron chi connectivity index (χ0n) is 14.1. The number of likely N-dealkylation sites (tertiary alicyclic amines) is 1. The molecule has 0 saturated carbocycles. The van der Waals surface area contributed by atoms with Crippen LogP contribution in [0.3, 0.4) is 0 Å². The molecule has 6 heteroatoms. The van der Waals surface area contributed by atoms with Gasteiger partial charge in [-0.05, 0) is 26.2 Å². The van der Waals surface area contributed by atoms with Crippen LogP contribution in [0.1, 0.15) is 60.4 Å². The average Bonchev–Trinajstić information content (AvgIpc) is 3.20. The number of aromatic nitrogens is 3. The van der Waals surface area contributed by atoms with Gasteiger partial charge in [-0.1, -0.05) is 19.0 Å². The molecule has 1 atom stereocenters. The molecule has 0 aliphatic carbocycles. The Balaban J connectivity index is 1.81.